The van der Waals surface area contributed by atoms with Gasteiger partial charge in [0.25, 0.3) is 10.0 Å². The molecule has 3 aromatic rings. The Hall–Kier alpha value is -3.36. The molecule has 4 rings (SSSR count). The Morgan fingerprint density at radius 1 is 0.944 bits per heavy atom. The number of nitrogens with one attached hydrogen (secondary N) is 1. The number of rotatable bonds is 10. The second-order valence-corrected chi connectivity index (χ2v) is 10.6. The first-order valence-corrected chi connectivity index (χ1v) is 13.6. The first kappa shape index (κ1) is 25.7. The molecule has 1 aliphatic rings. The van der Waals surface area contributed by atoms with Crippen LogP contribution in [0.2, 0.25) is 0 Å². The Bertz CT molecular complexity index is 1230. The number of anilines is 1. The molecule has 1 saturated heterocycles. The molecule has 0 aliphatic carbocycles. The van der Waals surface area contributed by atoms with Gasteiger partial charge in [-0.2, -0.15) is 0 Å². The van der Waals surface area contributed by atoms with Crippen molar-refractivity contribution in [2.45, 2.75) is 30.1 Å². The van der Waals surface area contributed by atoms with Gasteiger partial charge in [0, 0.05) is 25.2 Å². The normalized spacial score (nSPS) is 15.1. The lowest BCUT2D eigenvalue weighted by atomic mass is 9.74. The third-order valence-electron chi connectivity index (χ3n) is 6.51. The van der Waals surface area contributed by atoms with Crippen molar-refractivity contribution in [2.24, 2.45) is 0 Å². The molecule has 0 saturated carbocycles. The van der Waals surface area contributed by atoms with Gasteiger partial charge in [-0.05, 0) is 61.7 Å². The summed E-state index contributed by atoms with van der Waals surface area (Å²) < 4.78 is 39.4. The lowest BCUT2D eigenvalue weighted by molar-refractivity contribution is -0.120. The molecule has 0 bridgehead atoms. The number of amides is 1. The molecule has 0 unspecified atom stereocenters. The summed E-state index contributed by atoms with van der Waals surface area (Å²) in [5.74, 6) is 0.221. The van der Waals surface area contributed by atoms with Gasteiger partial charge in [0.2, 0.25) is 5.91 Å². The highest BCUT2D eigenvalue weighted by atomic mass is 32.2. The second kappa shape index (κ2) is 11.6. The van der Waals surface area contributed by atoms with Crippen LogP contribution in [-0.4, -0.2) is 47.2 Å². The van der Waals surface area contributed by atoms with Gasteiger partial charge in [0.05, 0.1) is 17.2 Å². The molecule has 0 atom stereocenters. The highest BCUT2D eigenvalue weighted by Crippen LogP contribution is 2.34. The van der Waals surface area contributed by atoms with Gasteiger partial charge in [0.15, 0.2) is 0 Å². The van der Waals surface area contributed by atoms with Crippen molar-refractivity contribution in [3.63, 3.8) is 0 Å². The van der Waals surface area contributed by atoms with Crippen LogP contribution in [0.1, 0.15) is 25.3 Å². The van der Waals surface area contributed by atoms with Crippen LogP contribution in [0.5, 0.6) is 5.75 Å². The van der Waals surface area contributed by atoms with E-state index in [9.17, 15) is 13.2 Å². The summed E-state index contributed by atoms with van der Waals surface area (Å²) in [6.45, 7) is 3.66. The van der Waals surface area contributed by atoms with Gasteiger partial charge < -0.3 is 14.8 Å². The molecule has 190 valence electrons. The molecule has 3 aromatic carbocycles. The number of hydrogen-bond acceptors (Lipinski definition) is 5. The molecular weight excluding hydrogens is 476 g/mol. The Morgan fingerprint density at radius 2 is 1.56 bits per heavy atom. The van der Waals surface area contributed by atoms with Gasteiger partial charge in [-0.25, -0.2) is 8.42 Å². The maximum Gasteiger partial charge on any atom is 0.264 e. The average Bonchev–Trinajstić information content (AvgIpc) is 2.92. The smallest absolute Gasteiger partial charge is 0.264 e. The molecule has 0 radical (unpaired) electrons. The highest BCUT2D eigenvalue weighted by molar-refractivity contribution is 7.92. The Kier molecular flexibility index (Phi) is 8.28. The van der Waals surface area contributed by atoms with Crippen molar-refractivity contribution in [1.82, 2.24) is 5.32 Å². The van der Waals surface area contributed by atoms with Gasteiger partial charge in [0.1, 0.15) is 12.3 Å². The van der Waals surface area contributed by atoms with Crippen LogP contribution in [0.25, 0.3) is 0 Å². The van der Waals surface area contributed by atoms with E-state index < -0.39 is 10.0 Å². The summed E-state index contributed by atoms with van der Waals surface area (Å²) >= 11 is 0. The minimum atomic E-state index is -3.99. The van der Waals surface area contributed by atoms with Crippen LogP contribution in [-0.2, 0) is 25.0 Å². The van der Waals surface area contributed by atoms with Crippen LogP contribution >= 0.6 is 0 Å². The number of ether oxygens (including phenoxy) is 2. The van der Waals surface area contributed by atoms with E-state index in [0.29, 0.717) is 37.8 Å². The summed E-state index contributed by atoms with van der Waals surface area (Å²) in [7, 11) is -3.99. The van der Waals surface area contributed by atoms with Crippen molar-refractivity contribution in [3.05, 3.63) is 90.5 Å². The molecule has 1 heterocycles. The summed E-state index contributed by atoms with van der Waals surface area (Å²) in [5.41, 5.74) is 1.32. The number of carbonyl (C=O) groups excluding carboxylic acids is 1. The van der Waals surface area contributed by atoms with E-state index in [4.69, 9.17) is 9.47 Å². The SMILES string of the molecule is CCOc1ccc(S(=O)(=O)N(CC(=O)NCC2(c3ccccc3)CCOCC2)c2ccccc2)cc1. The van der Waals surface area contributed by atoms with E-state index >= 15 is 0 Å². The summed E-state index contributed by atoms with van der Waals surface area (Å²) in [6, 6.07) is 25.0. The van der Waals surface area contributed by atoms with Gasteiger partial charge in [-0.15, -0.1) is 0 Å². The fourth-order valence-electron chi connectivity index (χ4n) is 4.49. The van der Waals surface area contributed by atoms with Crippen LogP contribution in [0.3, 0.4) is 0 Å². The number of carbonyl (C=O) groups is 1. The molecule has 1 aliphatic heterocycles. The second-order valence-electron chi connectivity index (χ2n) is 8.79. The van der Waals surface area contributed by atoms with E-state index in [-0.39, 0.29) is 22.8 Å². The highest BCUT2D eigenvalue weighted by Gasteiger charge is 2.35. The lowest BCUT2D eigenvalue weighted by Gasteiger charge is -2.38. The van der Waals surface area contributed by atoms with E-state index in [2.05, 4.69) is 17.4 Å². The number of benzene rings is 3. The maximum atomic E-state index is 13.6. The fourth-order valence-corrected chi connectivity index (χ4v) is 5.91. The zero-order chi connectivity index (χ0) is 25.4. The Morgan fingerprint density at radius 3 is 2.17 bits per heavy atom. The van der Waals surface area contributed by atoms with Crippen LogP contribution in [0, 0.1) is 0 Å². The predicted molar refractivity (Wildman–Crippen MR) is 140 cm³/mol. The van der Waals surface area contributed by atoms with Crippen LogP contribution in [0.15, 0.2) is 89.8 Å². The lowest BCUT2D eigenvalue weighted by Crippen LogP contribution is -2.48. The quantitative estimate of drug-likeness (QED) is 0.445. The molecular formula is C28H32N2O5S. The zero-order valence-electron chi connectivity index (χ0n) is 20.4. The van der Waals surface area contributed by atoms with Crippen molar-refractivity contribution < 1.29 is 22.7 Å². The van der Waals surface area contributed by atoms with Crippen molar-refractivity contribution in [3.8, 4) is 5.75 Å². The first-order chi connectivity index (χ1) is 17.4. The van der Waals surface area contributed by atoms with Gasteiger partial charge in [-0.1, -0.05) is 48.5 Å². The molecule has 36 heavy (non-hydrogen) atoms. The summed E-state index contributed by atoms with van der Waals surface area (Å²) in [4.78, 5) is 13.3. The predicted octanol–water partition coefficient (Wildman–Crippen LogP) is 4.15. The molecule has 1 N–H and O–H groups in total. The van der Waals surface area contributed by atoms with Crippen molar-refractivity contribution in [2.75, 3.05) is 37.2 Å². The molecule has 8 heteroatoms. The molecule has 1 fully saturated rings. The summed E-state index contributed by atoms with van der Waals surface area (Å²) in [5, 5.41) is 3.02. The minimum Gasteiger partial charge on any atom is -0.494 e. The number of sulfonamides is 1. The minimum absolute atomic E-state index is 0.0905. The van der Waals surface area contributed by atoms with E-state index in [1.807, 2.05) is 25.1 Å². The molecule has 0 aromatic heterocycles. The Balaban J connectivity index is 1.55. The standard InChI is InChI=1S/C28H32N2O5S/c1-2-35-25-13-15-26(16-14-25)36(32,33)30(24-11-7-4-8-12-24)21-27(31)29-22-28(17-19-34-20-18-28)23-9-5-3-6-10-23/h3-16H,2,17-22H2,1H3,(H,29,31). The van der Waals surface area contributed by atoms with Crippen molar-refractivity contribution >= 4 is 21.6 Å². The van der Waals surface area contributed by atoms with Crippen LogP contribution in [0.4, 0.5) is 5.69 Å². The van der Waals surface area contributed by atoms with Gasteiger partial charge in [-0.3, -0.25) is 9.10 Å². The van der Waals surface area contributed by atoms with E-state index in [1.54, 1.807) is 42.5 Å². The topological polar surface area (TPSA) is 84.9 Å². The molecule has 1 amide bonds. The first-order valence-electron chi connectivity index (χ1n) is 12.2. The third-order valence-corrected chi connectivity index (χ3v) is 8.30. The monoisotopic (exact) mass is 508 g/mol. The number of para-hydroxylation sites is 1. The third kappa shape index (κ3) is 5.88. The van der Waals surface area contributed by atoms with E-state index in [1.165, 1.54) is 12.1 Å². The van der Waals surface area contributed by atoms with Gasteiger partial charge >= 0.3 is 0 Å². The fraction of sp³-hybridized carbons (Fsp3) is 0.321. The Labute approximate surface area is 213 Å². The maximum absolute atomic E-state index is 13.6. The number of hydrogen-bond donors (Lipinski definition) is 1. The van der Waals surface area contributed by atoms with Crippen LogP contribution < -0.4 is 14.4 Å². The zero-order valence-corrected chi connectivity index (χ0v) is 21.2. The number of nitrogens with zero attached hydrogens (tertiary/aromatic N) is 1. The summed E-state index contributed by atoms with van der Waals surface area (Å²) in [6.07, 6.45) is 1.56. The van der Waals surface area contributed by atoms with Crippen molar-refractivity contribution in [1.29, 1.82) is 0 Å². The molecule has 0 spiro atoms. The largest absolute Gasteiger partial charge is 0.494 e. The molecule has 7 nitrogen and oxygen atoms in total. The average molecular weight is 509 g/mol. The van der Waals surface area contributed by atoms with E-state index in [0.717, 1.165) is 22.7 Å².